The van der Waals surface area contributed by atoms with Gasteiger partial charge in [0, 0.05) is 35.2 Å². The molecule has 1 aromatic carbocycles. The minimum absolute atomic E-state index is 0.194. The molecule has 134 valence electrons. The van der Waals surface area contributed by atoms with Crippen LogP contribution < -0.4 is 10.6 Å². The van der Waals surface area contributed by atoms with Crippen molar-refractivity contribution in [2.24, 2.45) is 0 Å². The van der Waals surface area contributed by atoms with Crippen molar-refractivity contribution in [1.29, 1.82) is 0 Å². The first-order chi connectivity index (χ1) is 12.3. The van der Waals surface area contributed by atoms with E-state index in [9.17, 15) is 4.39 Å². The molecule has 2 N–H and O–H groups in total. The second kappa shape index (κ2) is 7.07. The maximum Gasteiger partial charge on any atom is 0.225 e. The Morgan fingerprint density at radius 1 is 1.04 bits per heavy atom. The highest BCUT2D eigenvalue weighted by atomic mass is 19.1. The largest absolute Gasteiger partial charge is 0.350 e. The monoisotopic (exact) mass is 351 g/mol. The van der Waals surface area contributed by atoms with E-state index in [2.05, 4.69) is 25.6 Å². The summed E-state index contributed by atoms with van der Waals surface area (Å²) in [5.41, 5.74) is 2.65. The van der Waals surface area contributed by atoms with Crippen LogP contribution in [0.25, 0.3) is 11.3 Å². The zero-order valence-electron chi connectivity index (χ0n) is 15.3. The zero-order chi connectivity index (χ0) is 18.7. The number of aryl methyl sites for hydroxylation is 1. The van der Waals surface area contributed by atoms with Gasteiger partial charge in [0.15, 0.2) is 0 Å². The number of benzene rings is 1. The molecule has 3 aromatic rings. The summed E-state index contributed by atoms with van der Waals surface area (Å²) in [6.45, 7) is 7.84. The van der Waals surface area contributed by atoms with E-state index in [1.54, 1.807) is 25.4 Å². The van der Waals surface area contributed by atoms with Crippen LogP contribution in [-0.2, 0) is 0 Å². The number of aromatic nitrogens is 3. The Hall–Kier alpha value is -3.02. The molecule has 3 rings (SSSR count). The highest BCUT2D eigenvalue weighted by Gasteiger charge is 2.14. The van der Waals surface area contributed by atoms with Crippen LogP contribution in [0.3, 0.4) is 0 Å². The first kappa shape index (κ1) is 17.8. The molecule has 6 heteroatoms. The van der Waals surface area contributed by atoms with E-state index >= 15 is 0 Å². The number of hydrogen-bond donors (Lipinski definition) is 2. The summed E-state index contributed by atoms with van der Waals surface area (Å²) in [5, 5.41) is 6.44. The molecule has 0 spiro atoms. The molecule has 2 heterocycles. The van der Waals surface area contributed by atoms with Crippen molar-refractivity contribution in [2.75, 3.05) is 10.6 Å². The van der Waals surface area contributed by atoms with Gasteiger partial charge in [0.1, 0.15) is 11.6 Å². The molecule has 0 unspecified atom stereocenters. The number of halogens is 1. The van der Waals surface area contributed by atoms with Crippen LogP contribution in [0.4, 0.5) is 21.8 Å². The number of anilines is 3. The van der Waals surface area contributed by atoms with Crippen LogP contribution in [-0.4, -0.2) is 20.5 Å². The minimum atomic E-state index is -0.260. The standard InChI is InChI=1S/C20H22FN5/c1-13-7-8-15(10-16(13)21)23-18-11-17(14-6-5-9-22-12-14)24-19(25-18)26-20(2,3)4/h5-12H,1-4H3,(H2,23,24,25,26). The van der Waals surface area contributed by atoms with E-state index in [-0.39, 0.29) is 11.4 Å². The highest BCUT2D eigenvalue weighted by molar-refractivity contribution is 5.67. The predicted octanol–water partition coefficient (Wildman–Crippen LogP) is 4.94. The maximum atomic E-state index is 13.8. The van der Waals surface area contributed by atoms with Crippen LogP contribution in [0, 0.1) is 12.7 Å². The van der Waals surface area contributed by atoms with Crippen molar-refractivity contribution in [3.05, 3.63) is 60.2 Å². The summed E-state index contributed by atoms with van der Waals surface area (Å²) in [6, 6.07) is 10.6. The van der Waals surface area contributed by atoms with Crippen LogP contribution in [0.15, 0.2) is 48.8 Å². The molecular weight excluding hydrogens is 329 g/mol. The first-order valence-corrected chi connectivity index (χ1v) is 8.41. The minimum Gasteiger partial charge on any atom is -0.350 e. The summed E-state index contributed by atoms with van der Waals surface area (Å²) in [7, 11) is 0. The second-order valence-corrected chi connectivity index (χ2v) is 7.17. The van der Waals surface area contributed by atoms with Gasteiger partial charge in [0.25, 0.3) is 0 Å². The van der Waals surface area contributed by atoms with Crippen molar-refractivity contribution < 1.29 is 4.39 Å². The molecule has 0 aliphatic carbocycles. The van der Waals surface area contributed by atoms with Gasteiger partial charge in [-0.05, 0) is 57.5 Å². The fraction of sp³-hybridized carbons (Fsp3) is 0.250. The van der Waals surface area contributed by atoms with Gasteiger partial charge in [0.05, 0.1) is 5.69 Å². The average Bonchev–Trinajstić information content (AvgIpc) is 2.57. The van der Waals surface area contributed by atoms with Crippen molar-refractivity contribution in [1.82, 2.24) is 15.0 Å². The molecule has 0 aliphatic heterocycles. The maximum absolute atomic E-state index is 13.8. The quantitative estimate of drug-likeness (QED) is 0.697. The Morgan fingerprint density at radius 2 is 1.85 bits per heavy atom. The molecule has 0 bridgehead atoms. The number of nitrogens with one attached hydrogen (secondary N) is 2. The third-order valence-corrected chi connectivity index (χ3v) is 3.61. The first-order valence-electron chi connectivity index (χ1n) is 8.41. The molecule has 0 radical (unpaired) electrons. The van der Waals surface area contributed by atoms with Crippen molar-refractivity contribution in [2.45, 2.75) is 33.2 Å². The van der Waals surface area contributed by atoms with Gasteiger partial charge in [-0.15, -0.1) is 0 Å². The van der Waals surface area contributed by atoms with E-state index in [4.69, 9.17) is 0 Å². The van der Waals surface area contributed by atoms with Crippen LogP contribution >= 0.6 is 0 Å². The lowest BCUT2D eigenvalue weighted by Gasteiger charge is -2.21. The summed E-state index contributed by atoms with van der Waals surface area (Å²) >= 11 is 0. The van der Waals surface area contributed by atoms with E-state index in [0.717, 1.165) is 11.3 Å². The molecule has 2 aromatic heterocycles. The molecule has 5 nitrogen and oxygen atoms in total. The van der Waals surface area contributed by atoms with Crippen molar-refractivity contribution in [3.8, 4) is 11.3 Å². The lowest BCUT2D eigenvalue weighted by Crippen LogP contribution is -2.27. The fourth-order valence-corrected chi connectivity index (χ4v) is 2.38. The van der Waals surface area contributed by atoms with E-state index < -0.39 is 0 Å². The van der Waals surface area contributed by atoms with Gasteiger partial charge < -0.3 is 10.6 Å². The lowest BCUT2D eigenvalue weighted by molar-refractivity contribution is 0.619. The molecule has 0 aliphatic rings. The Labute approximate surface area is 152 Å². The predicted molar refractivity (Wildman–Crippen MR) is 103 cm³/mol. The van der Waals surface area contributed by atoms with Crippen LogP contribution in [0.5, 0.6) is 0 Å². The van der Waals surface area contributed by atoms with E-state index in [1.165, 1.54) is 6.07 Å². The van der Waals surface area contributed by atoms with Gasteiger partial charge in [-0.2, -0.15) is 4.98 Å². The molecule has 0 saturated carbocycles. The normalized spacial score (nSPS) is 11.3. The smallest absolute Gasteiger partial charge is 0.225 e. The van der Waals surface area contributed by atoms with Crippen LogP contribution in [0.2, 0.25) is 0 Å². The molecule has 0 atom stereocenters. The van der Waals surface area contributed by atoms with E-state index in [0.29, 0.717) is 23.0 Å². The Kier molecular flexibility index (Phi) is 4.84. The van der Waals surface area contributed by atoms with Gasteiger partial charge >= 0.3 is 0 Å². The summed E-state index contributed by atoms with van der Waals surface area (Å²) in [4.78, 5) is 13.3. The summed E-state index contributed by atoms with van der Waals surface area (Å²) < 4.78 is 13.8. The fourth-order valence-electron chi connectivity index (χ4n) is 2.38. The number of nitrogens with zero attached hydrogens (tertiary/aromatic N) is 3. The zero-order valence-corrected chi connectivity index (χ0v) is 15.3. The SMILES string of the molecule is Cc1ccc(Nc2cc(-c3cccnc3)nc(NC(C)(C)C)n2)cc1F. The molecule has 0 amide bonds. The lowest BCUT2D eigenvalue weighted by atomic mass is 10.1. The number of hydrogen-bond acceptors (Lipinski definition) is 5. The highest BCUT2D eigenvalue weighted by Crippen LogP contribution is 2.25. The van der Waals surface area contributed by atoms with Gasteiger partial charge in [-0.25, -0.2) is 9.37 Å². The average molecular weight is 351 g/mol. The second-order valence-electron chi connectivity index (χ2n) is 7.17. The third-order valence-electron chi connectivity index (χ3n) is 3.61. The number of rotatable bonds is 4. The molecule has 0 fully saturated rings. The topological polar surface area (TPSA) is 62.7 Å². The Balaban J connectivity index is 2.00. The van der Waals surface area contributed by atoms with Crippen molar-refractivity contribution >= 4 is 17.5 Å². The Bertz CT molecular complexity index is 904. The van der Waals surface area contributed by atoms with Gasteiger partial charge in [0.2, 0.25) is 5.95 Å². The van der Waals surface area contributed by atoms with E-state index in [1.807, 2.05) is 45.0 Å². The van der Waals surface area contributed by atoms with Crippen molar-refractivity contribution in [3.63, 3.8) is 0 Å². The summed E-state index contributed by atoms with van der Waals surface area (Å²) in [6.07, 6.45) is 3.46. The summed E-state index contributed by atoms with van der Waals surface area (Å²) in [5.74, 6) is 0.812. The van der Waals surface area contributed by atoms with Gasteiger partial charge in [-0.3, -0.25) is 4.98 Å². The molecular formula is C20H22FN5. The van der Waals surface area contributed by atoms with Gasteiger partial charge in [-0.1, -0.05) is 6.07 Å². The third kappa shape index (κ3) is 4.53. The molecule has 0 saturated heterocycles. The Morgan fingerprint density at radius 3 is 2.50 bits per heavy atom. The van der Waals surface area contributed by atoms with Crippen LogP contribution in [0.1, 0.15) is 26.3 Å². The molecule has 26 heavy (non-hydrogen) atoms. The number of pyridine rings is 1.